The zero-order valence-electron chi connectivity index (χ0n) is 9.93. The standard InChI is InChI=1S/C13H15N3O2/c17-12-11-10(6-7-14-11)15-13(18)16(12)8-9-4-2-1-3-5-9/h1-5,10-11,14H,6-8H2,(H,15,18). The molecule has 18 heavy (non-hydrogen) atoms. The van der Waals surface area contributed by atoms with Gasteiger partial charge in [0, 0.05) is 0 Å². The van der Waals surface area contributed by atoms with Crippen LogP contribution in [-0.2, 0) is 11.3 Å². The Hall–Kier alpha value is -1.88. The van der Waals surface area contributed by atoms with Crippen molar-refractivity contribution < 1.29 is 9.59 Å². The summed E-state index contributed by atoms with van der Waals surface area (Å²) in [5.74, 6) is -0.120. The lowest BCUT2D eigenvalue weighted by atomic mass is 10.1. The van der Waals surface area contributed by atoms with E-state index < -0.39 is 0 Å². The van der Waals surface area contributed by atoms with Crippen molar-refractivity contribution in [2.75, 3.05) is 6.54 Å². The molecule has 2 saturated heterocycles. The van der Waals surface area contributed by atoms with Gasteiger partial charge >= 0.3 is 6.03 Å². The quantitative estimate of drug-likeness (QED) is 0.796. The Labute approximate surface area is 105 Å². The summed E-state index contributed by atoms with van der Waals surface area (Å²) in [6, 6.07) is 8.95. The van der Waals surface area contributed by atoms with Gasteiger partial charge in [0.1, 0.15) is 6.04 Å². The van der Waals surface area contributed by atoms with Gasteiger partial charge in [-0.1, -0.05) is 30.3 Å². The van der Waals surface area contributed by atoms with Crippen molar-refractivity contribution in [1.29, 1.82) is 0 Å². The van der Waals surface area contributed by atoms with Gasteiger partial charge in [0.25, 0.3) is 0 Å². The van der Waals surface area contributed by atoms with Crippen LogP contribution in [0.2, 0.25) is 0 Å². The molecule has 2 atom stereocenters. The van der Waals surface area contributed by atoms with Crippen LogP contribution in [0, 0.1) is 0 Å². The second-order valence-electron chi connectivity index (χ2n) is 4.69. The molecule has 5 nitrogen and oxygen atoms in total. The summed E-state index contributed by atoms with van der Waals surface area (Å²) in [6.45, 7) is 1.11. The molecule has 2 N–H and O–H groups in total. The van der Waals surface area contributed by atoms with Gasteiger partial charge in [-0.3, -0.25) is 9.69 Å². The molecule has 0 radical (unpaired) electrons. The number of rotatable bonds is 2. The molecule has 0 aromatic heterocycles. The lowest BCUT2D eigenvalue weighted by Crippen LogP contribution is -2.63. The van der Waals surface area contributed by atoms with Crippen LogP contribution in [0.15, 0.2) is 30.3 Å². The SMILES string of the molecule is O=C1NC2CCNC2C(=O)N1Cc1ccccc1. The predicted octanol–water partition coefficient (Wildman–Crippen LogP) is 0.469. The first kappa shape index (κ1) is 11.2. The monoisotopic (exact) mass is 245 g/mol. The average Bonchev–Trinajstić information content (AvgIpc) is 2.84. The maximum Gasteiger partial charge on any atom is 0.324 e. The van der Waals surface area contributed by atoms with Gasteiger partial charge < -0.3 is 10.6 Å². The summed E-state index contributed by atoms with van der Waals surface area (Å²) < 4.78 is 0. The highest BCUT2D eigenvalue weighted by atomic mass is 16.2. The molecule has 94 valence electrons. The zero-order valence-corrected chi connectivity index (χ0v) is 9.93. The summed E-state index contributed by atoms with van der Waals surface area (Å²) in [6.07, 6.45) is 0.821. The molecular weight excluding hydrogens is 230 g/mol. The average molecular weight is 245 g/mol. The van der Waals surface area contributed by atoms with Crippen molar-refractivity contribution in [3.63, 3.8) is 0 Å². The van der Waals surface area contributed by atoms with E-state index in [-0.39, 0.29) is 24.0 Å². The summed E-state index contributed by atoms with van der Waals surface area (Å²) in [5.41, 5.74) is 0.956. The van der Waals surface area contributed by atoms with Crippen LogP contribution in [0.25, 0.3) is 0 Å². The van der Waals surface area contributed by atoms with Gasteiger partial charge in [0.2, 0.25) is 5.91 Å². The van der Waals surface area contributed by atoms with Gasteiger partial charge in [-0.05, 0) is 18.5 Å². The normalized spacial score (nSPS) is 27.0. The molecule has 2 fully saturated rings. The number of urea groups is 1. The van der Waals surface area contributed by atoms with Crippen LogP contribution in [0.4, 0.5) is 4.79 Å². The van der Waals surface area contributed by atoms with E-state index in [0.29, 0.717) is 6.54 Å². The van der Waals surface area contributed by atoms with Crippen molar-refractivity contribution in [2.45, 2.75) is 25.0 Å². The zero-order chi connectivity index (χ0) is 12.5. The van der Waals surface area contributed by atoms with Crippen molar-refractivity contribution in [3.8, 4) is 0 Å². The molecule has 0 aliphatic carbocycles. The van der Waals surface area contributed by atoms with Crippen LogP contribution >= 0.6 is 0 Å². The third-order valence-electron chi connectivity index (χ3n) is 3.49. The summed E-state index contributed by atoms with van der Waals surface area (Å²) in [5, 5.41) is 6.02. The molecule has 1 aromatic carbocycles. The Bertz CT molecular complexity index is 474. The number of hydrogen-bond donors (Lipinski definition) is 2. The lowest BCUT2D eigenvalue weighted by molar-refractivity contribution is -0.132. The fraction of sp³-hybridized carbons (Fsp3) is 0.385. The van der Waals surface area contributed by atoms with Gasteiger partial charge in [0.05, 0.1) is 12.6 Å². The number of fused-ring (bicyclic) bond motifs is 1. The number of nitrogens with zero attached hydrogens (tertiary/aromatic N) is 1. The van der Waals surface area contributed by atoms with Crippen LogP contribution in [0.5, 0.6) is 0 Å². The predicted molar refractivity (Wildman–Crippen MR) is 65.7 cm³/mol. The topological polar surface area (TPSA) is 61.4 Å². The molecule has 1 aromatic rings. The lowest BCUT2D eigenvalue weighted by Gasteiger charge is -2.33. The van der Waals surface area contributed by atoms with Crippen molar-refractivity contribution >= 4 is 11.9 Å². The molecule has 2 aliphatic rings. The fourth-order valence-corrected chi connectivity index (χ4v) is 2.54. The molecule has 0 saturated carbocycles. The van der Waals surface area contributed by atoms with Crippen LogP contribution in [0.3, 0.4) is 0 Å². The van der Waals surface area contributed by atoms with Crippen molar-refractivity contribution in [2.24, 2.45) is 0 Å². The van der Waals surface area contributed by atoms with Crippen LogP contribution in [-0.4, -0.2) is 35.5 Å². The number of amides is 3. The first-order chi connectivity index (χ1) is 8.75. The minimum Gasteiger partial charge on any atom is -0.333 e. The smallest absolute Gasteiger partial charge is 0.324 e. The Morgan fingerprint density at radius 2 is 2.00 bits per heavy atom. The van der Waals surface area contributed by atoms with E-state index in [1.165, 1.54) is 4.90 Å². The highest BCUT2D eigenvalue weighted by molar-refractivity contribution is 6.00. The third kappa shape index (κ3) is 1.86. The second-order valence-corrected chi connectivity index (χ2v) is 4.69. The first-order valence-electron chi connectivity index (χ1n) is 6.15. The number of carbonyl (C=O) groups is 2. The molecular formula is C13H15N3O2. The van der Waals surface area contributed by atoms with Crippen LogP contribution in [0.1, 0.15) is 12.0 Å². The summed E-state index contributed by atoms with van der Waals surface area (Å²) in [7, 11) is 0. The molecule has 2 heterocycles. The highest BCUT2D eigenvalue weighted by Crippen LogP contribution is 2.18. The number of benzene rings is 1. The number of imide groups is 1. The second kappa shape index (κ2) is 4.42. The molecule has 3 rings (SSSR count). The summed E-state index contributed by atoms with van der Waals surface area (Å²) in [4.78, 5) is 25.4. The van der Waals surface area contributed by atoms with E-state index in [2.05, 4.69) is 10.6 Å². The van der Waals surface area contributed by atoms with Crippen molar-refractivity contribution in [1.82, 2.24) is 15.5 Å². The Kier molecular flexibility index (Phi) is 2.76. The van der Waals surface area contributed by atoms with E-state index in [1.54, 1.807) is 0 Å². The van der Waals surface area contributed by atoms with E-state index in [4.69, 9.17) is 0 Å². The van der Waals surface area contributed by atoms with E-state index >= 15 is 0 Å². The minimum atomic E-state index is -0.284. The van der Waals surface area contributed by atoms with E-state index in [1.807, 2.05) is 30.3 Å². The fourth-order valence-electron chi connectivity index (χ4n) is 2.54. The van der Waals surface area contributed by atoms with Gasteiger partial charge in [-0.2, -0.15) is 0 Å². The Morgan fingerprint density at radius 3 is 2.78 bits per heavy atom. The molecule has 5 heteroatoms. The van der Waals surface area contributed by atoms with Gasteiger partial charge in [-0.15, -0.1) is 0 Å². The first-order valence-corrected chi connectivity index (χ1v) is 6.15. The number of nitrogens with one attached hydrogen (secondary N) is 2. The number of carbonyl (C=O) groups excluding carboxylic acids is 2. The maximum absolute atomic E-state index is 12.2. The van der Waals surface area contributed by atoms with Gasteiger partial charge in [0.15, 0.2) is 0 Å². The minimum absolute atomic E-state index is 0.0444. The number of hydrogen-bond acceptors (Lipinski definition) is 3. The maximum atomic E-state index is 12.2. The van der Waals surface area contributed by atoms with Crippen molar-refractivity contribution in [3.05, 3.63) is 35.9 Å². The molecule has 2 unspecified atom stereocenters. The van der Waals surface area contributed by atoms with E-state index in [9.17, 15) is 9.59 Å². The molecule has 0 bridgehead atoms. The van der Waals surface area contributed by atoms with E-state index in [0.717, 1.165) is 18.5 Å². The summed E-state index contributed by atoms with van der Waals surface area (Å²) >= 11 is 0. The third-order valence-corrected chi connectivity index (χ3v) is 3.49. The molecule has 0 spiro atoms. The molecule has 2 aliphatic heterocycles. The Balaban J connectivity index is 1.79. The van der Waals surface area contributed by atoms with Crippen LogP contribution < -0.4 is 10.6 Å². The molecule has 3 amide bonds. The largest absolute Gasteiger partial charge is 0.333 e. The Morgan fingerprint density at radius 1 is 1.22 bits per heavy atom. The highest BCUT2D eigenvalue weighted by Gasteiger charge is 2.43. The van der Waals surface area contributed by atoms with Gasteiger partial charge in [-0.25, -0.2) is 4.79 Å².